The first kappa shape index (κ1) is 10.4. The molecule has 1 amide bonds. The van der Waals surface area contributed by atoms with Gasteiger partial charge in [0.05, 0.1) is 6.04 Å². The van der Waals surface area contributed by atoms with Gasteiger partial charge in [-0.15, -0.1) is 0 Å². The van der Waals surface area contributed by atoms with Crippen molar-refractivity contribution in [2.75, 3.05) is 0 Å². The maximum absolute atomic E-state index is 12.9. The smallest absolute Gasteiger partial charge is 0.217 e. The highest BCUT2D eigenvalue weighted by Crippen LogP contribution is 2.22. The van der Waals surface area contributed by atoms with Crippen molar-refractivity contribution in [2.24, 2.45) is 0 Å². The summed E-state index contributed by atoms with van der Waals surface area (Å²) >= 11 is 0. The number of hydrogen-bond acceptors (Lipinski definition) is 3. The molecule has 1 unspecified atom stereocenters. The van der Waals surface area contributed by atoms with Gasteiger partial charge in [-0.25, -0.2) is 4.39 Å². The van der Waals surface area contributed by atoms with Crippen molar-refractivity contribution in [1.29, 1.82) is 0 Å². The Morgan fingerprint density at radius 2 is 2.38 bits per heavy atom. The minimum atomic E-state index is -1.20. The van der Waals surface area contributed by atoms with E-state index in [2.05, 4.69) is 5.32 Å². The molecule has 1 fully saturated rings. The van der Waals surface area contributed by atoms with Crippen LogP contribution in [0.4, 0.5) is 4.39 Å². The zero-order valence-electron chi connectivity index (χ0n) is 7.66. The van der Waals surface area contributed by atoms with Crippen LogP contribution in [0.3, 0.4) is 0 Å². The number of alkyl halides is 1. The van der Waals surface area contributed by atoms with Gasteiger partial charge >= 0.3 is 0 Å². The van der Waals surface area contributed by atoms with Gasteiger partial charge in [0.1, 0.15) is 12.3 Å². The first-order chi connectivity index (χ1) is 6.00. The summed E-state index contributed by atoms with van der Waals surface area (Å²) in [7, 11) is 0. The highest BCUT2D eigenvalue weighted by molar-refractivity contribution is 5.73. The van der Waals surface area contributed by atoms with Gasteiger partial charge in [-0.05, 0) is 6.92 Å². The third-order valence-electron chi connectivity index (χ3n) is 2.01. The fourth-order valence-corrected chi connectivity index (χ4v) is 1.51. The summed E-state index contributed by atoms with van der Waals surface area (Å²) in [6.45, 7) is 2.70. The molecule has 5 heteroatoms. The molecule has 1 rings (SSSR count). The Labute approximate surface area is 76.1 Å². The van der Waals surface area contributed by atoms with E-state index in [1.165, 1.54) is 13.8 Å². The van der Waals surface area contributed by atoms with Crippen LogP contribution < -0.4 is 5.32 Å². The van der Waals surface area contributed by atoms with Crippen molar-refractivity contribution in [3.05, 3.63) is 0 Å². The van der Waals surface area contributed by atoms with E-state index < -0.39 is 24.6 Å². The number of aliphatic hydroxyl groups is 1. The van der Waals surface area contributed by atoms with Gasteiger partial charge in [-0.3, -0.25) is 4.79 Å². The SMILES string of the molecule is CC(=O)N[C@@H]1CC(O)O[C@H]1[C@@H](C)F. The topological polar surface area (TPSA) is 58.6 Å². The average molecular weight is 191 g/mol. The molecule has 1 aliphatic heterocycles. The third-order valence-corrected chi connectivity index (χ3v) is 2.01. The highest BCUT2D eigenvalue weighted by atomic mass is 19.1. The molecule has 1 aliphatic rings. The Hall–Kier alpha value is -0.680. The lowest BCUT2D eigenvalue weighted by Gasteiger charge is -2.19. The van der Waals surface area contributed by atoms with Crippen molar-refractivity contribution in [2.45, 2.75) is 44.9 Å². The van der Waals surface area contributed by atoms with Gasteiger partial charge in [0.2, 0.25) is 5.91 Å². The summed E-state index contributed by atoms with van der Waals surface area (Å²) in [5.41, 5.74) is 0. The van der Waals surface area contributed by atoms with Gasteiger partial charge < -0.3 is 15.2 Å². The minimum absolute atomic E-state index is 0.242. The molecule has 0 aromatic carbocycles. The largest absolute Gasteiger partial charge is 0.368 e. The first-order valence-electron chi connectivity index (χ1n) is 4.25. The van der Waals surface area contributed by atoms with Gasteiger partial charge in [0.25, 0.3) is 0 Å². The molecule has 0 radical (unpaired) electrons. The number of halogens is 1. The number of ether oxygens (including phenoxy) is 1. The van der Waals surface area contributed by atoms with Crippen molar-refractivity contribution >= 4 is 5.91 Å². The lowest BCUT2D eigenvalue weighted by atomic mass is 10.1. The maximum atomic E-state index is 12.9. The van der Waals surface area contributed by atoms with Gasteiger partial charge in [0.15, 0.2) is 6.29 Å². The summed E-state index contributed by atoms with van der Waals surface area (Å²) in [5.74, 6) is -0.242. The van der Waals surface area contributed by atoms with Crippen LogP contribution in [0, 0.1) is 0 Å². The van der Waals surface area contributed by atoms with Crippen LogP contribution in [0.1, 0.15) is 20.3 Å². The van der Waals surface area contributed by atoms with Crippen LogP contribution in [-0.4, -0.2) is 35.6 Å². The second kappa shape index (κ2) is 4.02. The number of nitrogens with one attached hydrogen (secondary N) is 1. The highest BCUT2D eigenvalue weighted by Gasteiger charge is 2.38. The molecule has 1 saturated heterocycles. The summed E-state index contributed by atoms with van der Waals surface area (Å²) in [4.78, 5) is 10.7. The summed E-state index contributed by atoms with van der Waals surface area (Å²) < 4.78 is 17.8. The molecular formula is C8H14FNO3. The van der Waals surface area contributed by atoms with Gasteiger partial charge in [-0.2, -0.15) is 0 Å². The van der Waals surface area contributed by atoms with E-state index in [-0.39, 0.29) is 12.3 Å². The van der Waals surface area contributed by atoms with E-state index >= 15 is 0 Å². The average Bonchev–Trinajstić information content (AvgIpc) is 2.29. The Balaban J connectivity index is 2.55. The predicted octanol–water partition coefficient (Wildman–Crippen LogP) is -0.0436. The number of aliphatic hydroxyl groups excluding tert-OH is 1. The number of carbonyl (C=O) groups is 1. The van der Waals surface area contributed by atoms with E-state index in [9.17, 15) is 9.18 Å². The number of hydrogen-bond donors (Lipinski definition) is 2. The first-order valence-corrected chi connectivity index (χ1v) is 4.25. The molecule has 2 N–H and O–H groups in total. The van der Waals surface area contributed by atoms with Crippen molar-refractivity contribution in [1.82, 2.24) is 5.32 Å². The van der Waals surface area contributed by atoms with Crippen molar-refractivity contribution in [3.63, 3.8) is 0 Å². The molecular weight excluding hydrogens is 177 g/mol. The molecule has 76 valence electrons. The number of carbonyl (C=O) groups excluding carboxylic acids is 1. The molecule has 0 saturated carbocycles. The second-order valence-electron chi connectivity index (χ2n) is 3.28. The Bertz CT molecular complexity index is 198. The van der Waals surface area contributed by atoms with E-state index in [4.69, 9.17) is 9.84 Å². The fraction of sp³-hybridized carbons (Fsp3) is 0.875. The third kappa shape index (κ3) is 2.63. The van der Waals surface area contributed by atoms with Crippen LogP contribution in [0.2, 0.25) is 0 Å². The Morgan fingerprint density at radius 3 is 2.85 bits per heavy atom. The lowest BCUT2D eigenvalue weighted by molar-refractivity contribution is -0.122. The molecule has 4 nitrogen and oxygen atoms in total. The number of amides is 1. The normalized spacial score (nSPS) is 35.8. The predicted molar refractivity (Wildman–Crippen MR) is 43.7 cm³/mol. The summed E-state index contributed by atoms with van der Waals surface area (Å²) in [6, 6.07) is -0.424. The molecule has 0 aromatic rings. The van der Waals surface area contributed by atoms with E-state index in [1.807, 2.05) is 0 Å². The van der Waals surface area contributed by atoms with Crippen LogP contribution in [0.5, 0.6) is 0 Å². The van der Waals surface area contributed by atoms with Crippen LogP contribution in [0.25, 0.3) is 0 Å². The van der Waals surface area contributed by atoms with Crippen molar-refractivity contribution in [3.8, 4) is 0 Å². The molecule has 4 atom stereocenters. The maximum Gasteiger partial charge on any atom is 0.217 e. The van der Waals surface area contributed by atoms with Crippen LogP contribution in [0.15, 0.2) is 0 Å². The second-order valence-corrected chi connectivity index (χ2v) is 3.28. The monoisotopic (exact) mass is 191 g/mol. The number of rotatable bonds is 2. The zero-order valence-corrected chi connectivity index (χ0v) is 7.66. The molecule has 0 aromatic heterocycles. The van der Waals surface area contributed by atoms with Crippen molar-refractivity contribution < 1.29 is 19.0 Å². The van der Waals surface area contributed by atoms with E-state index in [0.717, 1.165) is 0 Å². The Morgan fingerprint density at radius 1 is 1.77 bits per heavy atom. The Kier molecular flexibility index (Phi) is 3.22. The van der Waals surface area contributed by atoms with E-state index in [1.54, 1.807) is 0 Å². The van der Waals surface area contributed by atoms with Crippen LogP contribution >= 0.6 is 0 Å². The fourth-order valence-electron chi connectivity index (χ4n) is 1.51. The minimum Gasteiger partial charge on any atom is -0.368 e. The van der Waals surface area contributed by atoms with Gasteiger partial charge in [0, 0.05) is 13.3 Å². The molecule has 1 heterocycles. The summed E-state index contributed by atoms with van der Waals surface area (Å²) in [6.07, 6.45) is -2.66. The zero-order chi connectivity index (χ0) is 10.0. The molecule has 0 aliphatic carbocycles. The lowest BCUT2D eigenvalue weighted by Crippen LogP contribution is -2.42. The van der Waals surface area contributed by atoms with Gasteiger partial charge in [-0.1, -0.05) is 0 Å². The standard InChI is InChI=1S/C8H14FNO3/c1-4(9)8-6(10-5(2)11)3-7(12)13-8/h4,6-8,12H,3H2,1-2H3,(H,10,11)/t4-,6-,7?,8+/m1/s1. The summed E-state index contributed by atoms with van der Waals surface area (Å²) in [5, 5.41) is 11.6. The van der Waals surface area contributed by atoms with Crippen LogP contribution in [-0.2, 0) is 9.53 Å². The molecule has 0 bridgehead atoms. The quantitative estimate of drug-likeness (QED) is 0.643. The molecule has 13 heavy (non-hydrogen) atoms. The van der Waals surface area contributed by atoms with E-state index in [0.29, 0.717) is 0 Å². The molecule has 0 spiro atoms.